The minimum absolute atomic E-state index is 0.0530. The molecule has 0 atom stereocenters. The van der Waals surface area contributed by atoms with Crippen molar-refractivity contribution >= 4 is 63.1 Å². The largest absolute Gasteiger partial charge is 0.354 e. The van der Waals surface area contributed by atoms with Crippen molar-refractivity contribution in [2.24, 2.45) is 4.99 Å². The molecule has 10 heteroatoms. The van der Waals surface area contributed by atoms with E-state index in [1.54, 1.807) is 17.0 Å². The van der Waals surface area contributed by atoms with E-state index in [0.29, 0.717) is 47.4 Å². The van der Waals surface area contributed by atoms with E-state index in [-0.39, 0.29) is 17.7 Å². The fraction of sp³-hybridized carbons (Fsp3) is 0.250. The van der Waals surface area contributed by atoms with Gasteiger partial charge in [0, 0.05) is 55.2 Å². The van der Waals surface area contributed by atoms with Crippen LogP contribution in [0, 0.1) is 0 Å². The highest BCUT2D eigenvalue weighted by atomic mass is 16.2. The summed E-state index contributed by atoms with van der Waals surface area (Å²) in [4.78, 5) is 50.5. The highest BCUT2D eigenvalue weighted by molar-refractivity contribution is 6.45. The van der Waals surface area contributed by atoms with Gasteiger partial charge >= 0.3 is 0 Å². The highest BCUT2D eigenvalue weighted by Gasteiger charge is 2.30. The number of fused-ring (bicyclic) bond motifs is 2. The van der Waals surface area contributed by atoms with Crippen LogP contribution in [0.2, 0.25) is 0 Å². The average Bonchev–Trinajstić information content (AvgIpc) is 3.71. The van der Waals surface area contributed by atoms with E-state index < -0.39 is 0 Å². The van der Waals surface area contributed by atoms with E-state index in [1.165, 1.54) is 0 Å². The van der Waals surface area contributed by atoms with Gasteiger partial charge < -0.3 is 25.8 Å². The van der Waals surface area contributed by atoms with Crippen molar-refractivity contribution in [3.63, 3.8) is 0 Å². The van der Waals surface area contributed by atoms with E-state index in [9.17, 15) is 14.4 Å². The van der Waals surface area contributed by atoms with Crippen LogP contribution in [-0.2, 0) is 20.8 Å². The van der Waals surface area contributed by atoms with Crippen LogP contribution in [0.15, 0.2) is 102 Å². The quantitative estimate of drug-likeness (QED) is 0.193. The number of rotatable bonds is 9. The lowest BCUT2D eigenvalue weighted by molar-refractivity contribution is -0.119. The molecule has 3 heterocycles. The van der Waals surface area contributed by atoms with Crippen LogP contribution >= 0.6 is 0 Å². The highest BCUT2D eigenvalue weighted by Crippen LogP contribution is 2.39. The van der Waals surface area contributed by atoms with Crippen molar-refractivity contribution in [2.75, 3.05) is 61.6 Å². The summed E-state index contributed by atoms with van der Waals surface area (Å²) in [7, 11) is 6.04. The van der Waals surface area contributed by atoms with Gasteiger partial charge in [-0.05, 0) is 86.6 Å². The Morgan fingerprint density at radius 3 is 2.28 bits per heavy atom. The number of carbonyl (C=O) groups is 3. The number of hydrogen-bond acceptors (Lipinski definition) is 7. The second kappa shape index (κ2) is 14.1. The number of anilines is 4. The van der Waals surface area contributed by atoms with Gasteiger partial charge in [-0.15, -0.1) is 0 Å². The number of benzene rings is 4. The summed E-state index contributed by atoms with van der Waals surface area (Å²) in [6.07, 6.45) is 2.61. The van der Waals surface area contributed by atoms with Gasteiger partial charge in [-0.3, -0.25) is 19.3 Å². The Morgan fingerprint density at radius 2 is 1.56 bits per heavy atom. The molecule has 50 heavy (non-hydrogen) atoms. The van der Waals surface area contributed by atoms with Gasteiger partial charge in [0.2, 0.25) is 5.91 Å². The van der Waals surface area contributed by atoms with E-state index in [2.05, 4.69) is 44.8 Å². The third-order valence-electron chi connectivity index (χ3n) is 9.75. The molecule has 3 aliphatic rings. The van der Waals surface area contributed by atoms with Crippen molar-refractivity contribution in [1.82, 2.24) is 9.80 Å². The maximum Gasteiger partial charge on any atom is 0.270 e. The summed E-state index contributed by atoms with van der Waals surface area (Å²) in [6.45, 7) is 2.23. The van der Waals surface area contributed by atoms with E-state index in [0.717, 1.165) is 59.7 Å². The van der Waals surface area contributed by atoms with Crippen molar-refractivity contribution in [3.05, 3.63) is 114 Å². The predicted octanol–water partition coefficient (Wildman–Crippen LogP) is 5.88. The number of hydrogen-bond donors (Lipinski definition) is 3. The monoisotopic (exact) mass is 667 g/mol. The Balaban J connectivity index is 1.08. The van der Waals surface area contributed by atoms with Crippen LogP contribution in [0.3, 0.4) is 0 Å². The van der Waals surface area contributed by atoms with E-state index in [4.69, 9.17) is 0 Å². The molecule has 0 aliphatic carbocycles. The maximum atomic E-state index is 13.6. The summed E-state index contributed by atoms with van der Waals surface area (Å²) in [5.41, 5.74) is 7.74. The topological polar surface area (TPSA) is 109 Å². The average molecular weight is 668 g/mol. The third kappa shape index (κ3) is 6.94. The molecule has 0 aromatic heterocycles. The van der Waals surface area contributed by atoms with Gasteiger partial charge in [-0.1, -0.05) is 48.5 Å². The zero-order chi connectivity index (χ0) is 34.8. The zero-order valence-corrected chi connectivity index (χ0v) is 28.6. The molecule has 3 amide bonds. The van der Waals surface area contributed by atoms with Crippen LogP contribution < -0.4 is 20.9 Å². The molecule has 0 spiro atoms. The number of carbonyl (C=O) groups excluding carboxylic acids is 3. The Labute approximate surface area is 292 Å². The van der Waals surface area contributed by atoms with Crippen LogP contribution in [0.1, 0.15) is 29.5 Å². The molecule has 3 aliphatic heterocycles. The summed E-state index contributed by atoms with van der Waals surface area (Å²) in [5.74, 6) is -0.465. The molecule has 0 unspecified atom stereocenters. The second-order valence-electron chi connectivity index (χ2n) is 13.2. The number of para-hydroxylation sites is 1. The molecule has 254 valence electrons. The van der Waals surface area contributed by atoms with Gasteiger partial charge in [0.25, 0.3) is 11.8 Å². The van der Waals surface area contributed by atoms with E-state index >= 15 is 0 Å². The Morgan fingerprint density at radius 1 is 0.860 bits per heavy atom. The summed E-state index contributed by atoms with van der Waals surface area (Å²) >= 11 is 0. The number of likely N-dealkylation sites (tertiary alicyclic amines) is 1. The first kappa shape index (κ1) is 32.9. The first-order chi connectivity index (χ1) is 24.2. The van der Waals surface area contributed by atoms with Gasteiger partial charge in [-0.2, -0.15) is 0 Å². The lowest BCUT2D eigenvalue weighted by atomic mass is 9.99. The molecule has 3 N–H and O–H groups in total. The fourth-order valence-electron chi connectivity index (χ4n) is 6.80. The number of amides is 3. The van der Waals surface area contributed by atoms with Crippen LogP contribution in [0.25, 0.3) is 11.3 Å². The second-order valence-corrected chi connectivity index (χ2v) is 13.2. The molecular weight excluding hydrogens is 626 g/mol. The van der Waals surface area contributed by atoms with Crippen LogP contribution in [-0.4, -0.2) is 80.1 Å². The Hall–Kier alpha value is -5.58. The summed E-state index contributed by atoms with van der Waals surface area (Å²) in [5, 5.41) is 9.43. The number of aliphatic imine (C=N–C) groups is 1. The van der Waals surface area contributed by atoms with Crippen molar-refractivity contribution in [3.8, 4) is 0 Å². The molecule has 1 saturated heterocycles. The summed E-state index contributed by atoms with van der Waals surface area (Å²) in [6, 6.07) is 31.1. The van der Waals surface area contributed by atoms with Crippen LogP contribution in [0.4, 0.5) is 28.4 Å². The third-order valence-corrected chi connectivity index (χ3v) is 9.75. The van der Waals surface area contributed by atoms with Crippen molar-refractivity contribution in [2.45, 2.75) is 25.3 Å². The number of likely N-dealkylation sites (N-methyl/N-ethyl adjacent to an activating group) is 1. The Bertz CT molecular complexity index is 2000. The maximum absolute atomic E-state index is 13.6. The molecular formula is C40H41N7O3. The minimum Gasteiger partial charge on any atom is -0.354 e. The molecule has 0 radical (unpaired) electrons. The lowest BCUT2D eigenvalue weighted by Crippen LogP contribution is -2.46. The normalized spacial score (nSPS) is 16.7. The molecule has 0 bridgehead atoms. The molecule has 4 aromatic carbocycles. The van der Waals surface area contributed by atoms with E-state index in [1.807, 2.05) is 92.0 Å². The van der Waals surface area contributed by atoms with Gasteiger partial charge in [0.05, 0.1) is 29.2 Å². The Kier molecular flexibility index (Phi) is 9.29. The molecule has 1 fully saturated rings. The standard InChI is InChI=1S/C40H41N7O3/c1-45(2)30-19-21-47(22-20-30)25-36(48)46(3)31-16-13-28(14-17-31)41-38(26-9-5-4-6-10-26)37-32-18-15-29(24-34(32)44-40(37)50)42-39(49)35-23-27-11-7-8-12-33(27)43-35/h4-18,24,30,41H,19-23,25H2,1-3H3,(H,42,49)(H,44,50)/b38-37-. The summed E-state index contributed by atoms with van der Waals surface area (Å²) < 4.78 is 0. The van der Waals surface area contributed by atoms with Gasteiger partial charge in [-0.25, -0.2) is 4.99 Å². The molecule has 10 nitrogen and oxygen atoms in total. The van der Waals surface area contributed by atoms with Crippen molar-refractivity contribution < 1.29 is 14.4 Å². The van der Waals surface area contributed by atoms with Gasteiger partial charge in [0.15, 0.2) is 0 Å². The smallest absolute Gasteiger partial charge is 0.270 e. The zero-order valence-electron chi connectivity index (χ0n) is 28.6. The molecule has 4 aromatic rings. The molecule has 0 saturated carbocycles. The van der Waals surface area contributed by atoms with Crippen LogP contribution in [0.5, 0.6) is 0 Å². The first-order valence-electron chi connectivity index (χ1n) is 17.0. The lowest BCUT2D eigenvalue weighted by Gasteiger charge is -2.35. The van der Waals surface area contributed by atoms with Gasteiger partial charge in [0.1, 0.15) is 5.71 Å². The fourth-order valence-corrected chi connectivity index (χ4v) is 6.80. The van der Waals surface area contributed by atoms with Crippen molar-refractivity contribution in [1.29, 1.82) is 0 Å². The number of nitrogens with one attached hydrogen (secondary N) is 3. The number of nitrogens with zero attached hydrogens (tertiary/aromatic N) is 4. The SMILES string of the molecule is CN(C(=O)CN1CCC(N(C)C)CC1)c1ccc(N/C(=C2\C(=O)Nc3cc(NC(=O)C4=Nc5ccccc5C4)ccc32)c2ccccc2)cc1. The predicted molar refractivity (Wildman–Crippen MR) is 201 cm³/mol. The minimum atomic E-state index is -0.270. The first-order valence-corrected chi connectivity index (χ1v) is 17.0. The number of piperidine rings is 1. The molecule has 7 rings (SSSR count).